The molecule has 0 radical (unpaired) electrons. The zero-order chi connectivity index (χ0) is 15.6. The van der Waals surface area contributed by atoms with Crippen LogP contribution in [0.3, 0.4) is 0 Å². The Hall–Kier alpha value is -2.15. The maximum Gasteiger partial charge on any atom is 0.319 e. The van der Waals surface area contributed by atoms with Gasteiger partial charge in [0.25, 0.3) is 0 Å². The van der Waals surface area contributed by atoms with Crippen molar-refractivity contribution < 1.29 is 9.53 Å². The number of carbonyl (C=O) groups excluding carboxylic acids is 1. The molecule has 0 atom stereocenters. The molecule has 0 aliphatic heterocycles. The molecule has 0 bridgehead atoms. The van der Waals surface area contributed by atoms with Crippen LogP contribution in [-0.4, -0.2) is 39.2 Å². The summed E-state index contributed by atoms with van der Waals surface area (Å²) in [4.78, 5) is 11.4. The van der Waals surface area contributed by atoms with Gasteiger partial charge in [-0.3, -0.25) is 10.1 Å². The van der Waals surface area contributed by atoms with Crippen LogP contribution in [0.2, 0.25) is 0 Å². The maximum absolute atomic E-state index is 11.4. The van der Waals surface area contributed by atoms with Gasteiger partial charge in [-0.25, -0.2) is 9.36 Å². The third-order valence-corrected chi connectivity index (χ3v) is 3.21. The van der Waals surface area contributed by atoms with Crippen molar-refractivity contribution in [1.29, 1.82) is 0 Å². The summed E-state index contributed by atoms with van der Waals surface area (Å²) in [6, 6.07) is 3.97. The molecule has 21 heavy (non-hydrogen) atoms. The van der Waals surface area contributed by atoms with Crippen LogP contribution in [0.5, 0.6) is 0 Å². The predicted molar refractivity (Wildman–Crippen MR) is 77.9 cm³/mol. The van der Waals surface area contributed by atoms with E-state index < -0.39 is 0 Å². The molecular weight excluding hydrogens is 270 g/mol. The summed E-state index contributed by atoms with van der Waals surface area (Å²) in [5.41, 5.74) is 3.81. The van der Waals surface area contributed by atoms with Crippen LogP contribution in [0.25, 0.3) is 0 Å². The molecule has 7 heteroatoms. The zero-order valence-corrected chi connectivity index (χ0v) is 13.0. The molecule has 114 valence electrons. The number of hydrogen-bond donors (Lipinski definition) is 1. The SMILES string of the molecule is COC(=O)CNC(n1nc(C)cc1C)n1nc(C)cc1C. The van der Waals surface area contributed by atoms with Crippen LogP contribution in [-0.2, 0) is 9.53 Å². The molecular formula is C14H21N5O2. The quantitative estimate of drug-likeness (QED) is 0.834. The fourth-order valence-corrected chi connectivity index (χ4v) is 2.31. The first-order valence-electron chi connectivity index (χ1n) is 6.78. The van der Waals surface area contributed by atoms with Crippen LogP contribution in [0.4, 0.5) is 0 Å². The number of aromatic nitrogens is 4. The molecule has 2 heterocycles. The van der Waals surface area contributed by atoms with Crippen molar-refractivity contribution in [3.05, 3.63) is 34.9 Å². The third kappa shape index (κ3) is 3.30. The first-order chi connectivity index (χ1) is 9.92. The van der Waals surface area contributed by atoms with E-state index in [9.17, 15) is 4.79 Å². The van der Waals surface area contributed by atoms with E-state index in [1.807, 2.05) is 49.2 Å². The molecule has 2 rings (SSSR count). The van der Waals surface area contributed by atoms with E-state index in [0.717, 1.165) is 22.8 Å². The molecule has 0 unspecified atom stereocenters. The van der Waals surface area contributed by atoms with E-state index in [4.69, 9.17) is 0 Å². The lowest BCUT2D eigenvalue weighted by Crippen LogP contribution is -2.38. The highest BCUT2D eigenvalue weighted by Crippen LogP contribution is 2.14. The fourth-order valence-electron chi connectivity index (χ4n) is 2.31. The summed E-state index contributed by atoms with van der Waals surface area (Å²) in [6.45, 7) is 7.89. The number of hydrogen-bond acceptors (Lipinski definition) is 5. The lowest BCUT2D eigenvalue weighted by atomic mass is 10.4. The second kappa shape index (κ2) is 6.09. The number of rotatable bonds is 5. The normalized spacial score (nSPS) is 11.1. The van der Waals surface area contributed by atoms with Gasteiger partial charge < -0.3 is 4.74 Å². The van der Waals surface area contributed by atoms with Crippen molar-refractivity contribution >= 4 is 5.97 Å². The molecule has 0 aromatic carbocycles. The zero-order valence-electron chi connectivity index (χ0n) is 13.0. The maximum atomic E-state index is 11.4. The highest BCUT2D eigenvalue weighted by atomic mass is 16.5. The van der Waals surface area contributed by atoms with Gasteiger partial charge in [0.05, 0.1) is 25.0 Å². The Morgan fingerprint density at radius 1 is 1.14 bits per heavy atom. The Balaban J connectivity index is 2.37. The van der Waals surface area contributed by atoms with E-state index in [-0.39, 0.29) is 18.8 Å². The number of carbonyl (C=O) groups is 1. The van der Waals surface area contributed by atoms with Gasteiger partial charge in [-0.1, -0.05) is 0 Å². The van der Waals surface area contributed by atoms with Crippen molar-refractivity contribution in [2.45, 2.75) is 34.0 Å². The molecule has 0 aliphatic rings. The number of nitrogens with one attached hydrogen (secondary N) is 1. The number of nitrogens with zero attached hydrogens (tertiary/aromatic N) is 4. The second-order valence-corrected chi connectivity index (χ2v) is 5.07. The minimum Gasteiger partial charge on any atom is -0.468 e. The van der Waals surface area contributed by atoms with Gasteiger partial charge >= 0.3 is 5.97 Å². The monoisotopic (exact) mass is 291 g/mol. The standard InChI is InChI=1S/C14H21N5O2/c1-9-6-11(3)18(16-9)14(15-8-13(20)21-5)19-12(4)7-10(2)17-19/h6-7,14-15H,8H2,1-5H3. The molecule has 0 saturated heterocycles. The smallest absolute Gasteiger partial charge is 0.319 e. The van der Waals surface area contributed by atoms with Crippen LogP contribution in [0, 0.1) is 27.7 Å². The summed E-state index contributed by atoms with van der Waals surface area (Å²) < 4.78 is 8.32. The number of aryl methyl sites for hydroxylation is 4. The van der Waals surface area contributed by atoms with Crippen LogP contribution in [0.1, 0.15) is 29.1 Å². The van der Waals surface area contributed by atoms with E-state index in [1.165, 1.54) is 7.11 Å². The molecule has 2 aromatic rings. The summed E-state index contributed by atoms with van der Waals surface area (Å²) in [5.74, 6) is -0.330. The average molecular weight is 291 g/mol. The van der Waals surface area contributed by atoms with Gasteiger partial charge in [0, 0.05) is 11.4 Å². The lowest BCUT2D eigenvalue weighted by molar-refractivity contribution is -0.139. The Morgan fingerprint density at radius 3 is 1.95 bits per heavy atom. The summed E-state index contributed by atoms with van der Waals surface area (Å²) in [5, 5.41) is 12.1. The average Bonchev–Trinajstić information content (AvgIpc) is 2.92. The number of methoxy groups -OCH3 is 1. The van der Waals surface area contributed by atoms with Crippen molar-refractivity contribution in [2.24, 2.45) is 0 Å². The van der Waals surface area contributed by atoms with E-state index >= 15 is 0 Å². The van der Waals surface area contributed by atoms with Gasteiger partial charge in [0.1, 0.15) is 0 Å². The van der Waals surface area contributed by atoms with Crippen LogP contribution < -0.4 is 5.32 Å². The van der Waals surface area contributed by atoms with Gasteiger partial charge in [0.15, 0.2) is 6.29 Å². The van der Waals surface area contributed by atoms with Gasteiger partial charge in [-0.05, 0) is 39.8 Å². The van der Waals surface area contributed by atoms with Gasteiger partial charge in [-0.2, -0.15) is 10.2 Å². The van der Waals surface area contributed by atoms with E-state index in [2.05, 4.69) is 20.3 Å². The Morgan fingerprint density at radius 2 is 1.62 bits per heavy atom. The van der Waals surface area contributed by atoms with Gasteiger partial charge in [0.2, 0.25) is 0 Å². The van der Waals surface area contributed by atoms with Crippen molar-refractivity contribution in [1.82, 2.24) is 24.9 Å². The number of ether oxygens (including phenoxy) is 1. The first-order valence-corrected chi connectivity index (χ1v) is 6.78. The van der Waals surface area contributed by atoms with Crippen LogP contribution >= 0.6 is 0 Å². The fraction of sp³-hybridized carbons (Fsp3) is 0.500. The summed E-state index contributed by atoms with van der Waals surface area (Å²) in [7, 11) is 1.37. The van der Waals surface area contributed by atoms with Crippen molar-refractivity contribution in [3.8, 4) is 0 Å². The van der Waals surface area contributed by atoms with Crippen molar-refractivity contribution in [3.63, 3.8) is 0 Å². The van der Waals surface area contributed by atoms with E-state index in [1.54, 1.807) is 0 Å². The first kappa shape index (κ1) is 15.2. The Labute approximate surface area is 123 Å². The summed E-state index contributed by atoms with van der Waals surface area (Å²) in [6.07, 6.45) is -0.369. The lowest BCUT2D eigenvalue weighted by Gasteiger charge is -2.22. The van der Waals surface area contributed by atoms with E-state index in [0.29, 0.717) is 0 Å². The van der Waals surface area contributed by atoms with Crippen molar-refractivity contribution in [2.75, 3.05) is 13.7 Å². The molecule has 0 fully saturated rings. The Bertz CT molecular complexity index is 598. The largest absolute Gasteiger partial charge is 0.468 e. The molecule has 2 aromatic heterocycles. The second-order valence-electron chi connectivity index (χ2n) is 5.07. The molecule has 1 N–H and O–H groups in total. The minimum absolute atomic E-state index is 0.0812. The predicted octanol–water partition coefficient (Wildman–Crippen LogP) is 1.08. The Kier molecular flexibility index (Phi) is 4.42. The topological polar surface area (TPSA) is 74.0 Å². The highest BCUT2D eigenvalue weighted by Gasteiger charge is 2.20. The van der Waals surface area contributed by atoms with Gasteiger partial charge in [-0.15, -0.1) is 0 Å². The summed E-state index contributed by atoms with van der Waals surface area (Å²) >= 11 is 0. The third-order valence-electron chi connectivity index (χ3n) is 3.21. The molecule has 7 nitrogen and oxygen atoms in total. The number of esters is 1. The highest BCUT2D eigenvalue weighted by molar-refractivity contribution is 5.71. The minimum atomic E-state index is -0.369. The van der Waals surface area contributed by atoms with Crippen LogP contribution in [0.15, 0.2) is 12.1 Å². The molecule has 0 aliphatic carbocycles. The molecule has 0 saturated carbocycles. The molecule has 0 spiro atoms. The molecule has 0 amide bonds.